The zero-order chi connectivity index (χ0) is 27.0. The van der Waals surface area contributed by atoms with Crippen molar-refractivity contribution in [3.8, 4) is 0 Å². The van der Waals surface area contributed by atoms with E-state index in [2.05, 4.69) is 54.0 Å². The predicted octanol–water partition coefficient (Wildman–Crippen LogP) is 2.69. The zero-order valence-corrected chi connectivity index (χ0v) is 19.8. The maximum absolute atomic E-state index is 11.0. The molecule has 1 aliphatic rings. The summed E-state index contributed by atoms with van der Waals surface area (Å²) in [6, 6.07) is 7.30. The molecule has 12 heteroatoms. The van der Waals surface area contributed by atoms with E-state index < -0.39 is 0 Å². The Morgan fingerprint density at radius 3 is 1.82 bits per heavy atom. The van der Waals surface area contributed by atoms with Crippen LogP contribution in [0.25, 0.3) is 0 Å². The molecule has 0 amide bonds. The van der Waals surface area contributed by atoms with Crippen molar-refractivity contribution in [2.75, 3.05) is 19.6 Å². The van der Waals surface area contributed by atoms with Gasteiger partial charge in [0.05, 0.1) is 0 Å². The molecule has 0 unspecified atom stereocenters. The molecular weight excluding hydrogens is 496 g/mol. The van der Waals surface area contributed by atoms with Crippen LogP contribution in [0.15, 0.2) is 24.3 Å². The SMILES string of the molecule is C[C@H]1CN([C](=[Cr])C[C@H](C[N+](=O)[O-])c2ccc(Cl)cc2)C[C@H](C)O1.[C-]#[O+].[C-]#[O+].[C-]#[O+].[C-]#[O+].[C-]#[O+]. The summed E-state index contributed by atoms with van der Waals surface area (Å²) in [4.78, 5) is 13.0. The zero-order valence-electron chi connectivity index (χ0n) is 17.8. The molecule has 0 bridgehead atoms. The molecule has 3 atom stereocenters. The summed E-state index contributed by atoms with van der Waals surface area (Å²) >= 11 is 9.03. The molecule has 176 valence electrons. The predicted molar refractivity (Wildman–Crippen MR) is 107 cm³/mol. The number of hydrogen-bond donors (Lipinski definition) is 0. The number of morpholine rings is 1. The molecule has 0 radical (unpaired) electrons. The van der Waals surface area contributed by atoms with Crippen LogP contribution in [0.5, 0.6) is 0 Å². The van der Waals surface area contributed by atoms with Crippen LogP contribution in [0.4, 0.5) is 0 Å². The van der Waals surface area contributed by atoms with Gasteiger partial charge in [0.1, 0.15) is 0 Å². The molecule has 1 saturated heterocycles. The fraction of sp³-hybridized carbons (Fsp3) is 0.429. The van der Waals surface area contributed by atoms with Crippen molar-refractivity contribution < 1.29 is 48.8 Å². The van der Waals surface area contributed by atoms with E-state index >= 15 is 0 Å². The Kier molecular flexibility index (Phi) is 30.3. The average Bonchev–Trinajstić information content (AvgIpc) is 2.84. The fourth-order valence-electron chi connectivity index (χ4n) is 2.92. The van der Waals surface area contributed by atoms with Crippen LogP contribution >= 0.6 is 11.6 Å². The van der Waals surface area contributed by atoms with Crippen molar-refractivity contribution in [2.45, 2.75) is 38.4 Å². The van der Waals surface area contributed by atoms with Gasteiger partial charge in [0.15, 0.2) is 0 Å². The van der Waals surface area contributed by atoms with Gasteiger partial charge in [-0.3, -0.25) is 0 Å². The third-order valence-corrected chi connectivity index (χ3v) is 4.82. The molecule has 1 fully saturated rings. The Morgan fingerprint density at radius 1 is 1.06 bits per heavy atom. The fourth-order valence-corrected chi connectivity index (χ4v) is 3.60. The first-order valence-corrected chi connectivity index (χ1v) is 9.69. The number of halogens is 1. The van der Waals surface area contributed by atoms with E-state index in [0.29, 0.717) is 11.4 Å². The molecule has 0 spiro atoms. The number of ether oxygens (including phenoxy) is 1. The molecule has 1 aromatic carbocycles. The summed E-state index contributed by atoms with van der Waals surface area (Å²) < 4.78 is 44.3. The third kappa shape index (κ3) is 18.1. The standard InChI is InChI=1S/C16H21ClN2O3.5CO.Cr/c1-12-9-18(10-13(2)22-12)8-7-15(11-19(20)21)14-3-5-16(17)6-4-14;5*1-2;/h3-6,12-13,15H,7,9-11H2,1-2H3;;;;;;/t12-,13-,15+;;;;;;/m0....../s1. The molecule has 33 heavy (non-hydrogen) atoms. The summed E-state index contributed by atoms with van der Waals surface area (Å²) in [6.07, 6.45) is 0.931. The van der Waals surface area contributed by atoms with E-state index in [1.54, 1.807) is 12.1 Å². The van der Waals surface area contributed by atoms with Gasteiger partial charge in [-0.05, 0) is 0 Å². The van der Waals surface area contributed by atoms with Crippen LogP contribution in [-0.2, 0) is 43.8 Å². The Labute approximate surface area is 205 Å². The van der Waals surface area contributed by atoms with Crippen LogP contribution in [0.1, 0.15) is 31.7 Å². The molecular formula is C21H21ClCrN2O8. The summed E-state index contributed by atoms with van der Waals surface area (Å²) in [5.41, 5.74) is 0.938. The van der Waals surface area contributed by atoms with Gasteiger partial charge in [0.2, 0.25) is 0 Å². The second-order valence-electron chi connectivity index (χ2n) is 6.02. The Morgan fingerprint density at radius 2 is 1.45 bits per heavy atom. The minimum atomic E-state index is -0.253. The van der Waals surface area contributed by atoms with Crippen molar-refractivity contribution in [1.82, 2.24) is 4.90 Å². The normalized spacial score (nSPS) is 16.6. The molecule has 1 aromatic rings. The first kappa shape index (κ1) is 38.2. The Balaban J connectivity index is -0.000000371. The van der Waals surface area contributed by atoms with E-state index in [1.807, 2.05) is 26.0 Å². The Bertz CT molecular complexity index is 732. The molecule has 0 aromatic heterocycles. The number of nitro groups is 1. The monoisotopic (exact) mass is 516 g/mol. The first-order valence-electron chi connectivity index (χ1n) is 8.67. The van der Waals surface area contributed by atoms with Gasteiger partial charge in [0, 0.05) is 0 Å². The first-order chi connectivity index (χ1) is 15.8. The topological polar surface area (TPSA) is 155 Å². The van der Waals surface area contributed by atoms with Gasteiger partial charge >= 0.3 is 206 Å². The maximum atomic E-state index is 11.0. The van der Waals surface area contributed by atoms with Crippen LogP contribution in [0.3, 0.4) is 0 Å². The van der Waals surface area contributed by atoms with Crippen molar-refractivity contribution in [1.29, 1.82) is 0 Å². The molecule has 2 rings (SSSR count). The van der Waals surface area contributed by atoms with E-state index in [1.165, 1.54) is 0 Å². The number of rotatable bonds is 6. The van der Waals surface area contributed by atoms with Crippen LogP contribution in [0, 0.1) is 43.4 Å². The quantitative estimate of drug-likeness (QED) is 0.246. The number of nitrogens with zero attached hydrogens (tertiary/aromatic N) is 2. The van der Waals surface area contributed by atoms with Crippen LogP contribution in [-0.4, -0.2) is 46.2 Å². The van der Waals surface area contributed by atoms with Crippen molar-refractivity contribution in [3.63, 3.8) is 0 Å². The van der Waals surface area contributed by atoms with Crippen LogP contribution in [0.2, 0.25) is 5.02 Å². The second kappa shape index (κ2) is 26.2. The number of hydrogen-bond acceptors (Lipinski definition) is 4. The second-order valence-corrected chi connectivity index (χ2v) is 7.20. The van der Waals surface area contributed by atoms with Crippen molar-refractivity contribution in [2.24, 2.45) is 0 Å². The molecule has 0 N–H and O–H groups in total. The van der Waals surface area contributed by atoms with Gasteiger partial charge in [0.25, 0.3) is 0 Å². The van der Waals surface area contributed by atoms with Gasteiger partial charge in [-0.15, -0.1) is 0 Å². The molecule has 1 aliphatic heterocycles. The Hall–Kier alpha value is -2.07. The van der Waals surface area contributed by atoms with E-state index in [-0.39, 0.29) is 29.6 Å². The molecule has 0 aliphatic carbocycles. The minimum absolute atomic E-state index is 0.0950. The number of benzene rings is 1. The summed E-state index contributed by atoms with van der Waals surface area (Å²) in [5, 5.41) is 11.7. The summed E-state index contributed by atoms with van der Waals surface area (Å²) in [7, 11) is 0. The van der Waals surface area contributed by atoms with E-state index in [9.17, 15) is 10.1 Å². The van der Waals surface area contributed by atoms with Gasteiger partial charge < -0.3 is 0 Å². The molecule has 0 saturated carbocycles. The van der Waals surface area contributed by atoms with Crippen molar-refractivity contribution >= 4 is 16.1 Å². The van der Waals surface area contributed by atoms with E-state index in [4.69, 9.17) is 39.6 Å². The van der Waals surface area contributed by atoms with E-state index in [0.717, 1.165) is 23.2 Å². The van der Waals surface area contributed by atoms with Gasteiger partial charge in [-0.2, -0.15) is 0 Å². The van der Waals surface area contributed by atoms with Crippen molar-refractivity contribution in [3.05, 3.63) is 78.2 Å². The van der Waals surface area contributed by atoms with Crippen LogP contribution < -0.4 is 0 Å². The molecule has 1 heterocycles. The summed E-state index contributed by atoms with van der Waals surface area (Å²) in [6.45, 7) is 28.1. The van der Waals surface area contributed by atoms with Gasteiger partial charge in [-0.25, -0.2) is 0 Å². The van der Waals surface area contributed by atoms with Gasteiger partial charge in [-0.1, -0.05) is 0 Å². The summed E-state index contributed by atoms with van der Waals surface area (Å²) in [5.74, 6) is -0.174. The average molecular weight is 517 g/mol. The third-order valence-electron chi connectivity index (χ3n) is 3.90. The molecule has 10 nitrogen and oxygen atoms in total.